The number of pyridine rings is 2. The Hall–Kier alpha value is -7.34. The van der Waals surface area contributed by atoms with Crippen LogP contribution in [-0.2, 0) is 5.41 Å². The van der Waals surface area contributed by atoms with E-state index in [2.05, 4.69) is 217 Å². The number of anilines is 3. The third kappa shape index (κ3) is 5.43. The fourth-order valence-electron chi connectivity index (χ4n) is 9.91. The number of para-hydroxylation sites is 2. The molecule has 0 fully saturated rings. The fourth-order valence-corrected chi connectivity index (χ4v) is 14.7. The summed E-state index contributed by atoms with van der Waals surface area (Å²) >= 11 is 0. The van der Waals surface area contributed by atoms with Crippen molar-refractivity contribution in [1.29, 1.82) is 0 Å². The zero-order valence-electron chi connectivity index (χ0n) is 33.6. The molecular formula is C55H42N4Si. The number of fused-ring (bicyclic) bond motifs is 6. The minimum absolute atomic E-state index is 0.261. The van der Waals surface area contributed by atoms with E-state index in [1.807, 2.05) is 24.5 Å². The molecule has 7 aromatic carbocycles. The van der Waals surface area contributed by atoms with Gasteiger partial charge in [-0.1, -0.05) is 172 Å². The van der Waals surface area contributed by atoms with Crippen molar-refractivity contribution in [3.8, 4) is 17.1 Å². The second-order valence-corrected chi connectivity index (χ2v) is 20.0. The Bertz CT molecular complexity index is 3120. The molecule has 11 rings (SSSR count). The molecule has 0 saturated heterocycles. The maximum atomic E-state index is 5.11. The van der Waals surface area contributed by atoms with Crippen LogP contribution in [0.1, 0.15) is 25.0 Å². The van der Waals surface area contributed by atoms with Crippen molar-refractivity contribution in [2.24, 2.45) is 0 Å². The summed E-state index contributed by atoms with van der Waals surface area (Å²) in [6.07, 6.45) is 3.79. The normalized spacial score (nSPS) is 13.3. The molecule has 5 heteroatoms. The van der Waals surface area contributed by atoms with Gasteiger partial charge in [-0.3, -0.25) is 9.55 Å². The van der Waals surface area contributed by atoms with Gasteiger partial charge in [-0.05, 0) is 80.4 Å². The van der Waals surface area contributed by atoms with Crippen molar-refractivity contribution in [2.45, 2.75) is 19.3 Å². The molecule has 0 unspecified atom stereocenters. The van der Waals surface area contributed by atoms with Crippen LogP contribution in [0.3, 0.4) is 0 Å². The molecule has 0 aliphatic carbocycles. The average Bonchev–Trinajstić information content (AvgIpc) is 3.65. The molecule has 4 heterocycles. The number of aromatic nitrogens is 3. The van der Waals surface area contributed by atoms with Gasteiger partial charge < -0.3 is 4.90 Å². The van der Waals surface area contributed by atoms with Gasteiger partial charge in [-0.2, -0.15) is 0 Å². The zero-order valence-corrected chi connectivity index (χ0v) is 34.6. The maximum Gasteiger partial charge on any atom is 0.179 e. The van der Waals surface area contributed by atoms with E-state index >= 15 is 0 Å². The fraction of sp³-hybridized carbons (Fsp3) is 0.0545. The van der Waals surface area contributed by atoms with Crippen LogP contribution in [0.25, 0.3) is 38.9 Å². The molecule has 3 aromatic heterocycles. The molecule has 60 heavy (non-hydrogen) atoms. The van der Waals surface area contributed by atoms with Gasteiger partial charge in [0.05, 0.1) is 28.1 Å². The molecule has 286 valence electrons. The molecule has 0 spiro atoms. The van der Waals surface area contributed by atoms with Gasteiger partial charge in [-0.25, -0.2) is 4.98 Å². The molecule has 0 atom stereocenters. The topological polar surface area (TPSA) is 34.0 Å². The van der Waals surface area contributed by atoms with Crippen LogP contribution < -0.4 is 25.6 Å². The number of hydrogen-bond acceptors (Lipinski definition) is 3. The van der Waals surface area contributed by atoms with E-state index in [0.29, 0.717) is 0 Å². The van der Waals surface area contributed by atoms with Crippen LogP contribution in [-0.4, -0.2) is 22.6 Å². The Labute approximate surface area is 351 Å². The highest BCUT2D eigenvalue weighted by Crippen LogP contribution is 2.55. The summed E-state index contributed by atoms with van der Waals surface area (Å²) in [5, 5.41) is 7.62. The standard InChI is InChI=1S/C55H42N4Si/c1-55(2)47-27-12-13-29-50(47)58(40-20-6-3-7-21-40)54-48(55)34-33-46-45-32-31-44(38-51(45)59(53(46)54)52-30-15-17-36-57-52)60(41-22-8-4-9-23-41,42-24-10-5-11-25-42)43-26-18-19-39(37-43)49-28-14-16-35-56-49/h3-38H,1-2H3. The first-order chi connectivity index (χ1) is 29.5. The lowest BCUT2D eigenvalue weighted by atomic mass is 9.73. The van der Waals surface area contributed by atoms with Crippen molar-refractivity contribution >= 4 is 67.7 Å². The summed E-state index contributed by atoms with van der Waals surface area (Å²) in [7, 11) is -2.99. The van der Waals surface area contributed by atoms with Gasteiger partial charge in [-0.15, -0.1) is 0 Å². The Morgan fingerprint density at radius 2 is 1.08 bits per heavy atom. The second kappa shape index (κ2) is 14.2. The van der Waals surface area contributed by atoms with Crippen molar-refractivity contribution in [3.63, 3.8) is 0 Å². The molecule has 1 aliphatic heterocycles. The lowest BCUT2D eigenvalue weighted by molar-refractivity contribution is 0.633. The molecule has 4 nitrogen and oxygen atoms in total. The molecule has 0 amide bonds. The predicted octanol–water partition coefficient (Wildman–Crippen LogP) is 10.7. The van der Waals surface area contributed by atoms with Gasteiger partial charge in [0.1, 0.15) is 5.82 Å². The molecule has 0 radical (unpaired) electrons. The molecule has 0 bridgehead atoms. The molecule has 0 saturated carbocycles. The van der Waals surface area contributed by atoms with E-state index in [9.17, 15) is 0 Å². The highest BCUT2D eigenvalue weighted by Gasteiger charge is 2.43. The average molecular weight is 787 g/mol. The second-order valence-electron chi connectivity index (χ2n) is 16.2. The van der Waals surface area contributed by atoms with E-state index < -0.39 is 8.07 Å². The first-order valence-corrected chi connectivity index (χ1v) is 22.7. The van der Waals surface area contributed by atoms with Crippen LogP contribution in [0, 0.1) is 0 Å². The third-order valence-corrected chi connectivity index (χ3v) is 17.4. The van der Waals surface area contributed by atoms with Gasteiger partial charge in [0.2, 0.25) is 0 Å². The summed E-state index contributed by atoms with van der Waals surface area (Å²) in [5.74, 6) is 0.886. The Morgan fingerprint density at radius 3 is 1.78 bits per heavy atom. The SMILES string of the molecule is CC1(C)c2ccccc2N(c2ccccc2)c2c1ccc1c3ccc([Si](c4ccccc4)(c4ccccc4)c4cccc(-c5ccccn5)c4)cc3n(-c3ccccn3)c21. The van der Waals surface area contributed by atoms with Crippen LogP contribution >= 0.6 is 0 Å². The minimum Gasteiger partial charge on any atom is -0.308 e. The monoisotopic (exact) mass is 786 g/mol. The summed E-state index contributed by atoms with van der Waals surface area (Å²) in [4.78, 5) is 12.4. The lowest BCUT2D eigenvalue weighted by Gasteiger charge is -2.42. The summed E-state index contributed by atoms with van der Waals surface area (Å²) in [6, 6.07) is 75.6. The van der Waals surface area contributed by atoms with Crippen molar-refractivity contribution < 1.29 is 0 Å². The highest BCUT2D eigenvalue weighted by molar-refractivity contribution is 7.20. The Morgan fingerprint density at radius 1 is 0.467 bits per heavy atom. The number of rotatable bonds is 7. The van der Waals surface area contributed by atoms with Crippen LogP contribution in [0.2, 0.25) is 0 Å². The van der Waals surface area contributed by atoms with E-state index in [1.165, 1.54) is 54.0 Å². The molecule has 0 N–H and O–H groups in total. The first-order valence-electron chi connectivity index (χ1n) is 20.7. The van der Waals surface area contributed by atoms with Crippen LogP contribution in [0.4, 0.5) is 17.1 Å². The smallest absolute Gasteiger partial charge is 0.179 e. The van der Waals surface area contributed by atoms with Gasteiger partial charge in [0.25, 0.3) is 0 Å². The summed E-state index contributed by atoms with van der Waals surface area (Å²) in [5.41, 5.74) is 10.2. The van der Waals surface area contributed by atoms with Crippen molar-refractivity contribution in [1.82, 2.24) is 14.5 Å². The molecule has 1 aliphatic rings. The third-order valence-electron chi connectivity index (χ3n) is 12.6. The Kier molecular flexibility index (Phi) is 8.46. The number of benzene rings is 7. The van der Waals surface area contributed by atoms with Gasteiger partial charge in [0.15, 0.2) is 8.07 Å². The number of nitrogens with zero attached hydrogens (tertiary/aromatic N) is 4. The predicted molar refractivity (Wildman–Crippen MR) is 252 cm³/mol. The lowest BCUT2D eigenvalue weighted by Crippen LogP contribution is -2.74. The summed E-state index contributed by atoms with van der Waals surface area (Å²) in [6.45, 7) is 4.73. The highest BCUT2D eigenvalue weighted by atomic mass is 28.3. The zero-order chi connectivity index (χ0) is 40.3. The maximum absolute atomic E-state index is 5.11. The largest absolute Gasteiger partial charge is 0.308 e. The Balaban J connectivity index is 1.28. The van der Waals surface area contributed by atoms with Gasteiger partial charge >= 0.3 is 0 Å². The summed E-state index contributed by atoms with van der Waals surface area (Å²) < 4.78 is 2.44. The number of hydrogen-bond donors (Lipinski definition) is 0. The van der Waals surface area contributed by atoms with Crippen molar-refractivity contribution in [2.75, 3.05) is 4.90 Å². The minimum atomic E-state index is -2.99. The molecular weight excluding hydrogens is 745 g/mol. The van der Waals surface area contributed by atoms with E-state index in [4.69, 9.17) is 9.97 Å². The van der Waals surface area contributed by atoms with Gasteiger partial charge in [0, 0.05) is 39.8 Å². The van der Waals surface area contributed by atoms with Crippen LogP contribution in [0.15, 0.2) is 219 Å². The van der Waals surface area contributed by atoms with Crippen LogP contribution in [0.5, 0.6) is 0 Å². The van der Waals surface area contributed by atoms with E-state index in [1.54, 1.807) is 0 Å². The van der Waals surface area contributed by atoms with E-state index in [0.717, 1.165) is 33.8 Å². The molecule has 10 aromatic rings. The van der Waals surface area contributed by atoms with E-state index in [-0.39, 0.29) is 5.41 Å². The first kappa shape index (κ1) is 35.8. The van der Waals surface area contributed by atoms with Crippen molar-refractivity contribution in [3.05, 3.63) is 230 Å². The quantitative estimate of drug-likeness (QED) is 0.119.